The van der Waals surface area contributed by atoms with Gasteiger partial charge in [-0.3, -0.25) is 0 Å². The summed E-state index contributed by atoms with van der Waals surface area (Å²) in [5.74, 6) is 0. The number of anilines is 1. The van der Waals surface area contributed by atoms with Crippen molar-refractivity contribution in [3.63, 3.8) is 0 Å². The second-order valence-corrected chi connectivity index (χ2v) is 4.73. The van der Waals surface area contributed by atoms with Gasteiger partial charge in [0.2, 0.25) is 0 Å². The molecule has 1 aliphatic heterocycles. The van der Waals surface area contributed by atoms with E-state index >= 15 is 0 Å². The molecule has 1 heterocycles. The zero-order valence-electron chi connectivity index (χ0n) is 8.91. The number of para-hydroxylation sites is 1. The lowest BCUT2D eigenvalue weighted by Gasteiger charge is -2.30. The molecule has 2 aliphatic rings. The van der Waals surface area contributed by atoms with Gasteiger partial charge in [0.05, 0.1) is 5.60 Å². The molecule has 15 heavy (non-hydrogen) atoms. The van der Waals surface area contributed by atoms with Gasteiger partial charge in [-0.2, -0.15) is 0 Å². The number of hydrogen-bond acceptors (Lipinski definition) is 2. The molecule has 0 bridgehead atoms. The largest absolute Gasteiger partial charge is 0.382 e. The minimum Gasteiger partial charge on any atom is -0.382 e. The summed E-state index contributed by atoms with van der Waals surface area (Å²) >= 11 is 0. The summed E-state index contributed by atoms with van der Waals surface area (Å²) in [5.41, 5.74) is 1.50. The topological polar surface area (TPSA) is 21.3 Å². The van der Waals surface area contributed by atoms with E-state index in [0.717, 1.165) is 13.0 Å². The van der Waals surface area contributed by atoms with E-state index in [9.17, 15) is 0 Å². The molecule has 2 nitrogen and oxygen atoms in total. The Balaban J connectivity index is 1.63. The Morgan fingerprint density at radius 3 is 2.73 bits per heavy atom. The molecule has 0 radical (unpaired) electrons. The van der Waals surface area contributed by atoms with E-state index in [1.54, 1.807) is 0 Å². The van der Waals surface area contributed by atoms with E-state index in [2.05, 4.69) is 35.6 Å². The van der Waals surface area contributed by atoms with Crippen LogP contribution < -0.4 is 5.32 Å². The normalized spacial score (nSPS) is 27.6. The summed E-state index contributed by atoms with van der Waals surface area (Å²) in [5, 5.41) is 3.60. The van der Waals surface area contributed by atoms with Crippen molar-refractivity contribution in [3.05, 3.63) is 30.3 Å². The van der Waals surface area contributed by atoms with Crippen LogP contribution in [0.4, 0.5) is 5.69 Å². The summed E-state index contributed by atoms with van der Waals surface area (Å²) in [6, 6.07) is 11.1. The van der Waals surface area contributed by atoms with Crippen molar-refractivity contribution in [1.29, 1.82) is 0 Å². The van der Waals surface area contributed by atoms with Gasteiger partial charge in [0.25, 0.3) is 0 Å². The molecule has 0 amide bonds. The molecule has 1 aromatic carbocycles. The average Bonchev–Trinajstić information content (AvgIpc) is 2.99. The molecule has 3 rings (SSSR count). The van der Waals surface area contributed by atoms with E-state index in [4.69, 9.17) is 4.74 Å². The van der Waals surface area contributed by atoms with Crippen molar-refractivity contribution in [2.45, 2.75) is 37.3 Å². The first-order valence-electron chi connectivity index (χ1n) is 5.82. The Kier molecular flexibility index (Phi) is 2.17. The maximum Gasteiger partial charge on any atom is 0.0704 e. The third-order valence-corrected chi connectivity index (χ3v) is 3.45. The fourth-order valence-corrected chi connectivity index (χ4v) is 2.41. The predicted molar refractivity (Wildman–Crippen MR) is 61.0 cm³/mol. The standard InChI is InChI=1S/C13H17NO/c1-2-4-11(5-3-1)14-12-6-9-15-13(10-12)7-8-13/h1-5,12,14H,6-10H2. The predicted octanol–water partition coefficient (Wildman–Crippen LogP) is 2.81. The highest BCUT2D eigenvalue weighted by Gasteiger charge is 2.47. The van der Waals surface area contributed by atoms with Gasteiger partial charge in [-0.1, -0.05) is 18.2 Å². The Labute approximate surface area is 90.6 Å². The van der Waals surface area contributed by atoms with Gasteiger partial charge in [0, 0.05) is 18.3 Å². The second kappa shape index (κ2) is 3.53. The first-order chi connectivity index (χ1) is 7.36. The summed E-state index contributed by atoms with van der Waals surface area (Å²) in [7, 11) is 0. The van der Waals surface area contributed by atoms with Crippen LogP contribution in [-0.4, -0.2) is 18.2 Å². The molecule has 0 aromatic heterocycles. The Morgan fingerprint density at radius 2 is 2.00 bits per heavy atom. The number of hydrogen-bond donors (Lipinski definition) is 1. The zero-order valence-corrected chi connectivity index (χ0v) is 8.91. The van der Waals surface area contributed by atoms with Crippen LogP contribution in [0.25, 0.3) is 0 Å². The fourth-order valence-electron chi connectivity index (χ4n) is 2.41. The summed E-state index contributed by atoms with van der Waals surface area (Å²) < 4.78 is 5.80. The van der Waals surface area contributed by atoms with Crippen LogP contribution in [0.5, 0.6) is 0 Å². The van der Waals surface area contributed by atoms with Gasteiger partial charge in [-0.25, -0.2) is 0 Å². The van der Waals surface area contributed by atoms with Gasteiger partial charge in [-0.15, -0.1) is 0 Å². The maximum atomic E-state index is 5.80. The van der Waals surface area contributed by atoms with Crippen LogP contribution in [0.1, 0.15) is 25.7 Å². The van der Waals surface area contributed by atoms with Crippen LogP contribution in [0.2, 0.25) is 0 Å². The number of ether oxygens (including phenoxy) is 1. The number of nitrogens with one attached hydrogen (secondary N) is 1. The summed E-state index contributed by atoms with van der Waals surface area (Å²) in [6.07, 6.45) is 4.85. The van der Waals surface area contributed by atoms with E-state index < -0.39 is 0 Å². The molecular weight excluding hydrogens is 186 g/mol. The smallest absolute Gasteiger partial charge is 0.0704 e. The van der Waals surface area contributed by atoms with Crippen molar-refractivity contribution >= 4 is 5.69 Å². The molecule has 2 fully saturated rings. The summed E-state index contributed by atoms with van der Waals surface area (Å²) in [6.45, 7) is 0.921. The Bertz CT molecular complexity index is 332. The van der Waals surface area contributed by atoms with Crippen LogP contribution in [0.15, 0.2) is 30.3 Å². The van der Waals surface area contributed by atoms with Crippen molar-refractivity contribution in [2.75, 3.05) is 11.9 Å². The van der Waals surface area contributed by atoms with E-state index in [-0.39, 0.29) is 5.60 Å². The fraction of sp³-hybridized carbons (Fsp3) is 0.538. The van der Waals surface area contributed by atoms with Gasteiger partial charge in [0.1, 0.15) is 0 Å². The molecule has 2 heteroatoms. The monoisotopic (exact) mass is 203 g/mol. The molecule has 1 saturated heterocycles. The van der Waals surface area contributed by atoms with Crippen LogP contribution in [-0.2, 0) is 4.74 Å². The lowest BCUT2D eigenvalue weighted by atomic mass is 10.0. The average molecular weight is 203 g/mol. The molecule has 1 atom stereocenters. The van der Waals surface area contributed by atoms with Crippen LogP contribution >= 0.6 is 0 Å². The third kappa shape index (κ3) is 2.00. The molecule has 1 spiro atoms. The Morgan fingerprint density at radius 1 is 1.20 bits per heavy atom. The maximum absolute atomic E-state index is 5.80. The van der Waals surface area contributed by atoms with Crippen molar-refractivity contribution < 1.29 is 4.74 Å². The first-order valence-corrected chi connectivity index (χ1v) is 5.82. The minimum absolute atomic E-state index is 0.269. The van der Waals surface area contributed by atoms with Crippen molar-refractivity contribution in [1.82, 2.24) is 0 Å². The highest BCUT2D eigenvalue weighted by Crippen LogP contribution is 2.46. The summed E-state index contributed by atoms with van der Waals surface area (Å²) in [4.78, 5) is 0. The lowest BCUT2D eigenvalue weighted by molar-refractivity contribution is -0.00879. The quantitative estimate of drug-likeness (QED) is 0.798. The minimum atomic E-state index is 0.269. The Hall–Kier alpha value is -1.02. The SMILES string of the molecule is c1ccc(NC2CCOC3(CC3)C2)cc1. The molecule has 1 saturated carbocycles. The molecule has 1 N–H and O–H groups in total. The first kappa shape index (κ1) is 9.22. The van der Waals surface area contributed by atoms with Gasteiger partial charge in [-0.05, 0) is 37.8 Å². The van der Waals surface area contributed by atoms with E-state index in [0.29, 0.717) is 6.04 Å². The highest BCUT2D eigenvalue weighted by molar-refractivity contribution is 5.43. The van der Waals surface area contributed by atoms with Crippen LogP contribution in [0.3, 0.4) is 0 Å². The number of rotatable bonds is 2. The zero-order chi connectivity index (χ0) is 10.1. The number of benzene rings is 1. The molecule has 80 valence electrons. The highest BCUT2D eigenvalue weighted by atomic mass is 16.5. The lowest BCUT2D eigenvalue weighted by Crippen LogP contribution is -2.35. The van der Waals surface area contributed by atoms with Gasteiger partial charge in [0.15, 0.2) is 0 Å². The van der Waals surface area contributed by atoms with Crippen LogP contribution in [0, 0.1) is 0 Å². The van der Waals surface area contributed by atoms with E-state index in [1.165, 1.54) is 24.9 Å². The third-order valence-electron chi connectivity index (χ3n) is 3.45. The molecular formula is C13H17NO. The van der Waals surface area contributed by atoms with Crippen molar-refractivity contribution in [3.8, 4) is 0 Å². The second-order valence-electron chi connectivity index (χ2n) is 4.73. The van der Waals surface area contributed by atoms with Crippen molar-refractivity contribution in [2.24, 2.45) is 0 Å². The van der Waals surface area contributed by atoms with Gasteiger partial charge < -0.3 is 10.1 Å². The molecule has 1 aromatic rings. The van der Waals surface area contributed by atoms with E-state index in [1.807, 2.05) is 0 Å². The van der Waals surface area contributed by atoms with Gasteiger partial charge >= 0.3 is 0 Å². The molecule has 1 unspecified atom stereocenters. The molecule has 1 aliphatic carbocycles.